The summed E-state index contributed by atoms with van der Waals surface area (Å²) in [5.74, 6) is 0.349. The van der Waals surface area contributed by atoms with Gasteiger partial charge in [0.25, 0.3) is 5.91 Å². The fourth-order valence-corrected chi connectivity index (χ4v) is 3.56. The van der Waals surface area contributed by atoms with Crippen molar-refractivity contribution in [3.8, 4) is 21.9 Å². The molecule has 2 heterocycles. The lowest BCUT2D eigenvalue weighted by molar-refractivity contribution is 0.0533. The number of carbonyl (C=O) groups is 2. The monoisotopic (exact) mass is 401 g/mol. The molecule has 1 N–H and O–H groups in total. The summed E-state index contributed by atoms with van der Waals surface area (Å²) in [6, 6.07) is 10.3. The summed E-state index contributed by atoms with van der Waals surface area (Å²) in [5, 5.41) is 2.71. The van der Waals surface area contributed by atoms with Gasteiger partial charge in [-0.1, -0.05) is 0 Å². The topological polar surface area (TPSA) is 87.0 Å². The Kier molecular flexibility index (Phi) is 6.00. The summed E-state index contributed by atoms with van der Waals surface area (Å²) in [4.78, 5) is 25.8. The van der Waals surface area contributed by atoms with Gasteiger partial charge in [0.15, 0.2) is 17.3 Å². The van der Waals surface area contributed by atoms with E-state index in [4.69, 9.17) is 18.6 Å². The van der Waals surface area contributed by atoms with Crippen molar-refractivity contribution in [2.75, 3.05) is 26.1 Å². The van der Waals surface area contributed by atoms with Crippen LogP contribution in [0.5, 0.6) is 11.5 Å². The summed E-state index contributed by atoms with van der Waals surface area (Å²) < 4.78 is 20.8. The van der Waals surface area contributed by atoms with Gasteiger partial charge in [-0.25, -0.2) is 4.79 Å². The van der Waals surface area contributed by atoms with Crippen molar-refractivity contribution in [2.45, 2.75) is 6.92 Å². The van der Waals surface area contributed by atoms with Gasteiger partial charge in [-0.05, 0) is 48.9 Å². The third-order valence-electron chi connectivity index (χ3n) is 3.85. The maximum Gasteiger partial charge on any atom is 0.350 e. The number of furan rings is 1. The van der Waals surface area contributed by atoms with Crippen LogP contribution in [-0.2, 0) is 4.74 Å². The van der Waals surface area contributed by atoms with Crippen LogP contribution < -0.4 is 14.8 Å². The van der Waals surface area contributed by atoms with Crippen molar-refractivity contribution in [2.24, 2.45) is 0 Å². The lowest BCUT2D eigenvalue weighted by Crippen LogP contribution is -2.13. The smallest absolute Gasteiger partial charge is 0.350 e. The fourth-order valence-electron chi connectivity index (χ4n) is 2.56. The Bertz CT molecular complexity index is 977. The van der Waals surface area contributed by atoms with E-state index in [0.29, 0.717) is 22.1 Å². The molecule has 28 heavy (non-hydrogen) atoms. The van der Waals surface area contributed by atoms with E-state index in [0.717, 1.165) is 10.4 Å². The average Bonchev–Trinajstić information content (AvgIpc) is 3.38. The van der Waals surface area contributed by atoms with Crippen LogP contribution in [0, 0.1) is 0 Å². The SMILES string of the molecule is CCOC(=O)c1sc(-c2ccc(OC)c(OC)c2)cc1NC(=O)c1ccco1. The Labute approximate surface area is 165 Å². The minimum Gasteiger partial charge on any atom is -0.493 e. The van der Waals surface area contributed by atoms with Gasteiger partial charge in [-0.3, -0.25) is 4.79 Å². The van der Waals surface area contributed by atoms with Crippen LogP contribution in [0.3, 0.4) is 0 Å². The molecule has 0 aliphatic carbocycles. The first-order valence-electron chi connectivity index (χ1n) is 8.45. The van der Waals surface area contributed by atoms with Crippen LogP contribution in [0.2, 0.25) is 0 Å². The van der Waals surface area contributed by atoms with Crippen molar-refractivity contribution in [1.29, 1.82) is 0 Å². The van der Waals surface area contributed by atoms with Gasteiger partial charge >= 0.3 is 5.97 Å². The van der Waals surface area contributed by atoms with Gasteiger partial charge in [-0.15, -0.1) is 11.3 Å². The number of carbonyl (C=O) groups excluding carboxylic acids is 2. The molecule has 1 aromatic carbocycles. The Morgan fingerprint density at radius 3 is 2.54 bits per heavy atom. The molecule has 0 aliphatic heterocycles. The predicted octanol–water partition coefficient (Wildman–Crippen LogP) is 4.45. The lowest BCUT2D eigenvalue weighted by atomic mass is 10.1. The zero-order valence-corrected chi connectivity index (χ0v) is 16.4. The molecule has 0 spiro atoms. The molecule has 146 valence electrons. The van der Waals surface area contributed by atoms with Gasteiger partial charge < -0.3 is 23.9 Å². The second kappa shape index (κ2) is 8.62. The molecule has 0 saturated heterocycles. The molecule has 3 rings (SSSR count). The molecule has 0 radical (unpaired) electrons. The van der Waals surface area contributed by atoms with E-state index in [1.165, 1.54) is 17.6 Å². The van der Waals surface area contributed by atoms with Crippen LogP contribution in [0.4, 0.5) is 5.69 Å². The molecule has 0 saturated carbocycles. The lowest BCUT2D eigenvalue weighted by Gasteiger charge is -2.08. The highest BCUT2D eigenvalue weighted by atomic mass is 32.1. The third kappa shape index (κ3) is 4.01. The Morgan fingerprint density at radius 2 is 1.89 bits per heavy atom. The number of ether oxygens (including phenoxy) is 3. The van der Waals surface area contributed by atoms with Crippen molar-refractivity contribution in [3.05, 3.63) is 53.3 Å². The first kappa shape index (κ1) is 19.5. The first-order valence-corrected chi connectivity index (χ1v) is 9.27. The molecule has 7 nitrogen and oxygen atoms in total. The molecule has 8 heteroatoms. The second-order valence-electron chi connectivity index (χ2n) is 5.58. The number of anilines is 1. The van der Waals surface area contributed by atoms with Crippen LogP contribution in [-0.4, -0.2) is 32.7 Å². The number of methoxy groups -OCH3 is 2. The number of thiophene rings is 1. The second-order valence-corrected chi connectivity index (χ2v) is 6.63. The molecule has 0 fully saturated rings. The summed E-state index contributed by atoms with van der Waals surface area (Å²) in [6.07, 6.45) is 1.41. The molecule has 0 aliphatic rings. The largest absolute Gasteiger partial charge is 0.493 e. The first-order chi connectivity index (χ1) is 13.6. The number of hydrogen-bond donors (Lipinski definition) is 1. The number of hydrogen-bond acceptors (Lipinski definition) is 7. The van der Waals surface area contributed by atoms with E-state index < -0.39 is 11.9 Å². The van der Waals surface area contributed by atoms with Crippen LogP contribution in [0.25, 0.3) is 10.4 Å². The Balaban J connectivity index is 1.99. The zero-order chi connectivity index (χ0) is 20.1. The number of nitrogens with one attached hydrogen (secondary N) is 1. The van der Waals surface area contributed by atoms with E-state index in [9.17, 15) is 9.59 Å². The van der Waals surface area contributed by atoms with Crippen molar-refractivity contribution < 1.29 is 28.2 Å². The number of benzene rings is 1. The molecule has 1 amide bonds. The minimum atomic E-state index is -0.506. The molecular weight excluding hydrogens is 382 g/mol. The summed E-state index contributed by atoms with van der Waals surface area (Å²) in [6.45, 7) is 1.95. The highest BCUT2D eigenvalue weighted by Crippen LogP contribution is 2.39. The summed E-state index contributed by atoms with van der Waals surface area (Å²) in [5.41, 5.74) is 1.17. The van der Waals surface area contributed by atoms with Crippen molar-refractivity contribution in [3.63, 3.8) is 0 Å². The van der Waals surface area contributed by atoms with Crippen LogP contribution in [0.15, 0.2) is 47.1 Å². The van der Waals surface area contributed by atoms with E-state index in [2.05, 4.69) is 5.32 Å². The van der Waals surface area contributed by atoms with Gasteiger partial charge in [-0.2, -0.15) is 0 Å². The predicted molar refractivity (Wildman–Crippen MR) is 105 cm³/mol. The van der Waals surface area contributed by atoms with Crippen LogP contribution >= 0.6 is 11.3 Å². The van der Waals surface area contributed by atoms with Crippen LogP contribution in [0.1, 0.15) is 27.2 Å². The summed E-state index contributed by atoms with van der Waals surface area (Å²) in [7, 11) is 3.11. The fraction of sp³-hybridized carbons (Fsp3) is 0.200. The zero-order valence-electron chi connectivity index (χ0n) is 15.6. The third-order valence-corrected chi connectivity index (χ3v) is 5.02. The maximum atomic E-state index is 12.4. The molecule has 3 aromatic rings. The molecule has 0 bridgehead atoms. The Hall–Kier alpha value is -3.26. The molecular formula is C20H19NO6S. The van der Waals surface area contributed by atoms with E-state index in [1.54, 1.807) is 51.5 Å². The highest BCUT2D eigenvalue weighted by Gasteiger charge is 2.21. The van der Waals surface area contributed by atoms with Crippen molar-refractivity contribution >= 4 is 28.9 Å². The van der Waals surface area contributed by atoms with Gasteiger partial charge in [0.2, 0.25) is 0 Å². The molecule has 0 unspecified atom stereocenters. The maximum absolute atomic E-state index is 12.4. The Morgan fingerprint density at radius 1 is 1.11 bits per heavy atom. The molecule has 0 atom stereocenters. The highest BCUT2D eigenvalue weighted by molar-refractivity contribution is 7.18. The summed E-state index contributed by atoms with van der Waals surface area (Å²) >= 11 is 1.22. The average molecular weight is 401 g/mol. The van der Waals surface area contributed by atoms with Gasteiger partial charge in [0.05, 0.1) is 32.8 Å². The van der Waals surface area contributed by atoms with Gasteiger partial charge in [0.1, 0.15) is 4.88 Å². The standard InChI is InChI=1S/C20H19NO6S/c1-4-26-20(23)18-13(21-19(22)15-6-5-9-27-15)11-17(28-18)12-7-8-14(24-2)16(10-12)25-3/h5-11H,4H2,1-3H3,(H,21,22). The van der Waals surface area contributed by atoms with Crippen molar-refractivity contribution in [1.82, 2.24) is 0 Å². The normalized spacial score (nSPS) is 10.4. The number of rotatable bonds is 7. The number of esters is 1. The van der Waals surface area contributed by atoms with E-state index >= 15 is 0 Å². The van der Waals surface area contributed by atoms with E-state index in [1.807, 2.05) is 6.07 Å². The van der Waals surface area contributed by atoms with E-state index in [-0.39, 0.29) is 12.4 Å². The quantitative estimate of drug-likeness (QED) is 0.589. The number of amides is 1. The van der Waals surface area contributed by atoms with Gasteiger partial charge in [0, 0.05) is 4.88 Å². The minimum absolute atomic E-state index is 0.147. The molecule has 2 aromatic heterocycles.